The number of aromatic amines is 1. The molecule has 1 aliphatic heterocycles. The van der Waals surface area contributed by atoms with E-state index in [1.165, 1.54) is 0 Å². The molecule has 0 saturated carbocycles. The predicted molar refractivity (Wildman–Crippen MR) is 91.0 cm³/mol. The Morgan fingerprint density at radius 2 is 2.12 bits per heavy atom. The molecule has 3 rings (SSSR count). The number of carbonyl (C=O) groups excluding carboxylic acids is 1. The second kappa shape index (κ2) is 6.35. The second-order valence-corrected chi connectivity index (χ2v) is 6.03. The highest BCUT2D eigenvalue weighted by Crippen LogP contribution is 2.29. The average molecular weight is 328 g/mol. The Morgan fingerprint density at radius 1 is 1.38 bits per heavy atom. The van der Waals surface area contributed by atoms with Crippen LogP contribution in [0.2, 0.25) is 0 Å². The van der Waals surface area contributed by atoms with E-state index >= 15 is 0 Å². The number of carbonyl (C=O) groups is 1. The number of fused-ring (bicyclic) bond motifs is 1. The molecule has 0 spiro atoms. The zero-order chi connectivity index (χ0) is 17.3. The van der Waals surface area contributed by atoms with E-state index in [0.717, 1.165) is 23.7 Å². The number of nitrogens with one attached hydrogen (secondary N) is 2. The van der Waals surface area contributed by atoms with E-state index in [9.17, 15) is 14.7 Å². The third kappa shape index (κ3) is 2.97. The van der Waals surface area contributed by atoms with Gasteiger partial charge in [0.15, 0.2) is 0 Å². The maximum Gasteiger partial charge on any atom is 0.256 e. The minimum absolute atomic E-state index is 0.0342. The van der Waals surface area contributed by atoms with Crippen LogP contribution >= 0.6 is 0 Å². The van der Waals surface area contributed by atoms with E-state index in [1.807, 2.05) is 38.1 Å². The topological polar surface area (TPSA) is 98.3 Å². The van der Waals surface area contributed by atoms with Crippen LogP contribution in [0.15, 0.2) is 35.1 Å². The number of aromatic nitrogens is 2. The molecule has 2 atom stereocenters. The van der Waals surface area contributed by atoms with E-state index in [2.05, 4.69) is 15.3 Å². The first kappa shape index (κ1) is 16.0. The lowest BCUT2D eigenvalue weighted by Gasteiger charge is -2.32. The van der Waals surface area contributed by atoms with Gasteiger partial charge in [-0.15, -0.1) is 0 Å². The molecule has 0 unspecified atom stereocenters. The number of rotatable bonds is 3. The highest BCUT2D eigenvalue weighted by molar-refractivity contribution is 5.98. The van der Waals surface area contributed by atoms with Crippen molar-refractivity contribution in [1.82, 2.24) is 9.97 Å². The number of nitrogens with zero attached hydrogens (tertiary/aromatic N) is 2. The summed E-state index contributed by atoms with van der Waals surface area (Å²) >= 11 is 0. The lowest BCUT2D eigenvalue weighted by atomic mass is 9.97. The van der Waals surface area contributed by atoms with Crippen LogP contribution in [0.1, 0.15) is 25.8 Å². The van der Waals surface area contributed by atoms with Crippen LogP contribution in [-0.4, -0.2) is 27.0 Å². The fourth-order valence-electron chi connectivity index (χ4n) is 2.97. The van der Waals surface area contributed by atoms with Gasteiger partial charge in [0.1, 0.15) is 6.04 Å². The minimum atomic E-state index is -0.507. The Balaban J connectivity index is 2.13. The van der Waals surface area contributed by atoms with E-state index in [-0.39, 0.29) is 23.7 Å². The average Bonchev–Trinajstić information content (AvgIpc) is 2.69. The minimum Gasteiger partial charge on any atom is -0.493 e. The summed E-state index contributed by atoms with van der Waals surface area (Å²) in [6.07, 6.45) is 0.786. The lowest BCUT2D eigenvalue weighted by molar-refractivity contribution is -0.118. The Labute approximate surface area is 139 Å². The maximum absolute atomic E-state index is 12.8. The van der Waals surface area contributed by atoms with Gasteiger partial charge in [0, 0.05) is 12.2 Å². The van der Waals surface area contributed by atoms with Gasteiger partial charge in [-0.05, 0) is 17.5 Å². The number of para-hydroxylation sites is 1. The Morgan fingerprint density at radius 3 is 2.83 bits per heavy atom. The monoisotopic (exact) mass is 328 g/mol. The van der Waals surface area contributed by atoms with Crippen LogP contribution in [0.4, 0.5) is 11.6 Å². The normalized spacial score (nSPS) is 18.5. The van der Waals surface area contributed by atoms with Gasteiger partial charge in [-0.2, -0.15) is 4.98 Å². The first-order valence-electron chi connectivity index (χ1n) is 7.95. The predicted octanol–water partition coefficient (Wildman–Crippen LogP) is 1.85. The number of hydrogen-bond donors (Lipinski definition) is 3. The Bertz CT molecular complexity index is 817. The summed E-state index contributed by atoms with van der Waals surface area (Å²) in [6.45, 7) is 4.39. The van der Waals surface area contributed by atoms with Gasteiger partial charge in [0.2, 0.25) is 17.7 Å². The Kier molecular flexibility index (Phi) is 4.24. The number of anilines is 2. The van der Waals surface area contributed by atoms with Crippen molar-refractivity contribution in [2.24, 2.45) is 5.92 Å². The highest BCUT2D eigenvalue weighted by Gasteiger charge is 2.35. The molecular weight excluding hydrogens is 308 g/mol. The zero-order valence-electron chi connectivity index (χ0n) is 13.6. The van der Waals surface area contributed by atoms with Gasteiger partial charge in [0.25, 0.3) is 5.56 Å². The first-order chi connectivity index (χ1) is 11.5. The quantitative estimate of drug-likeness (QED) is 0.799. The van der Waals surface area contributed by atoms with Gasteiger partial charge >= 0.3 is 0 Å². The number of aromatic hydroxyl groups is 1. The zero-order valence-corrected chi connectivity index (χ0v) is 13.6. The molecule has 126 valence electrons. The van der Waals surface area contributed by atoms with E-state index in [4.69, 9.17) is 0 Å². The molecule has 0 saturated heterocycles. The van der Waals surface area contributed by atoms with Crippen LogP contribution in [0.3, 0.4) is 0 Å². The molecular formula is C17H20N4O3. The molecule has 2 heterocycles. The summed E-state index contributed by atoms with van der Waals surface area (Å²) < 4.78 is 0. The summed E-state index contributed by atoms with van der Waals surface area (Å²) in [7, 11) is 0. The molecule has 1 amide bonds. The van der Waals surface area contributed by atoms with Crippen LogP contribution in [0, 0.1) is 5.92 Å². The van der Waals surface area contributed by atoms with Crippen LogP contribution < -0.4 is 15.8 Å². The SMILES string of the molecule is CC[C@H](C)[C@H]1C(=O)Nc2ccccc2CN1c1nc(O)cc(=O)[nH]1. The van der Waals surface area contributed by atoms with Crippen LogP contribution in [0.5, 0.6) is 5.88 Å². The molecule has 0 aliphatic carbocycles. The third-order valence-electron chi connectivity index (χ3n) is 4.39. The number of hydrogen-bond acceptors (Lipinski definition) is 5. The summed E-state index contributed by atoms with van der Waals surface area (Å²) in [5.41, 5.74) is 1.21. The van der Waals surface area contributed by atoms with Gasteiger partial charge in [0.05, 0.1) is 6.07 Å². The molecule has 2 aromatic rings. The van der Waals surface area contributed by atoms with E-state index in [1.54, 1.807) is 4.90 Å². The molecule has 0 fully saturated rings. The molecule has 1 aromatic carbocycles. The third-order valence-corrected chi connectivity index (χ3v) is 4.39. The van der Waals surface area contributed by atoms with E-state index < -0.39 is 11.6 Å². The Hall–Kier alpha value is -2.83. The fraction of sp³-hybridized carbons (Fsp3) is 0.353. The van der Waals surface area contributed by atoms with Crippen LogP contribution in [0.25, 0.3) is 0 Å². The molecule has 3 N–H and O–H groups in total. The summed E-state index contributed by atoms with van der Waals surface area (Å²) in [5, 5.41) is 12.6. The summed E-state index contributed by atoms with van der Waals surface area (Å²) in [5.74, 6) is -0.293. The van der Waals surface area contributed by atoms with Gasteiger partial charge in [-0.25, -0.2) is 0 Å². The van der Waals surface area contributed by atoms with Crippen molar-refractivity contribution < 1.29 is 9.90 Å². The van der Waals surface area contributed by atoms with Gasteiger partial charge in [-0.1, -0.05) is 38.5 Å². The lowest BCUT2D eigenvalue weighted by Crippen LogP contribution is -2.47. The number of benzene rings is 1. The fourth-order valence-corrected chi connectivity index (χ4v) is 2.97. The summed E-state index contributed by atoms with van der Waals surface area (Å²) in [4.78, 5) is 32.9. The smallest absolute Gasteiger partial charge is 0.256 e. The van der Waals surface area contributed by atoms with Gasteiger partial charge < -0.3 is 15.3 Å². The molecule has 1 aliphatic rings. The van der Waals surface area contributed by atoms with Crippen molar-refractivity contribution in [3.05, 3.63) is 46.2 Å². The van der Waals surface area contributed by atoms with Crippen molar-refractivity contribution in [3.63, 3.8) is 0 Å². The largest absolute Gasteiger partial charge is 0.493 e. The number of amides is 1. The first-order valence-corrected chi connectivity index (χ1v) is 7.95. The van der Waals surface area contributed by atoms with Crippen molar-refractivity contribution >= 4 is 17.5 Å². The van der Waals surface area contributed by atoms with Crippen molar-refractivity contribution in [2.75, 3.05) is 10.2 Å². The maximum atomic E-state index is 12.8. The summed E-state index contributed by atoms with van der Waals surface area (Å²) in [6, 6.07) is 8.03. The van der Waals surface area contributed by atoms with E-state index in [0.29, 0.717) is 6.54 Å². The second-order valence-electron chi connectivity index (χ2n) is 6.03. The molecule has 1 aromatic heterocycles. The molecule has 7 heteroatoms. The number of H-pyrrole nitrogens is 1. The molecule has 0 radical (unpaired) electrons. The molecule has 0 bridgehead atoms. The standard InChI is InChI=1S/C17H20N4O3/c1-3-10(2)15-16(24)18-12-7-5-4-6-11(12)9-21(15)17-19-13(22)8-14(23)20-17/h4-8,10,15H,3,9H2,1-2H3,(H,18,24)(H2,19,20,22,23)/t10-,15-/m0/s1. The molecule has 7 nitrogen and oxygen atoms in total. The van der Waals surface area contributed by atoms with Crippen molar-refractivity contribution in [1.29, 1.82) is 0 Å². The highest BCUT2D eigenvalue weighted by atomic mass is 16.3. The van der Waals surface area contributed by atoms with Crippen molar-refractivity contribution in [3.8, 4) is 5.88 Å². The molecule has 24 heavy (non-hydrogen) atoms. The van der Waals surface area contributed by atoms with Crippen molar-refractivity contribution in [2.45, 2.75) is 32.9 Å². The van der Waals surface area contributed by atoms with Crippen LogP contribution in [-0.2, 0) is 11.3 Å². The van der Waals surface area contributed by atoms with Gasteiger partial charge in [-0.3, -0.25) is 14.6 Å².